The molecule has 10 rings (SSSR count). The van der Waals surface area contributed by atoms with Crippen LogP contribution in [0, 0.1) is 0 Å². The Balaban J connectivity index is 1.56. The normalized spacial score (nSPS) is 11.8. The van der Waals surface area contributed by atoms with Gasteiger partial charge in [-0.05, 0) is 98.0 Å². The molecule has 0 saturated heterocycles. The van der Waals surface area contributed by atoms with Gasteiger partial charge in [-0.15, -0.1) is 54.6 Å². The fourth-order valence-electron chi connectivity index (χ4n) is 14.1. The van der Waals surface area contributed by atoms with Gasteiger partial charge in [0.2, 0.25) is 0 Å². The van der Waals surface area contributed by atoms with Crippen molar-refractivity contribution in [1.82, 2.24) is 0 Å². The Bertz CT molecular complexity index is 4110. The summed E-state index contributed by atoms with van der Waals surface area (Å²) in [7, 11) is 55.2. The Morgan fingerprint density at radius 2 is 0.423 bits per heavy atom. The predicted molar refractivity (Wildman–Crippen MR) is 396 cm³/mol. The van der Waals surface area contributed by atoms with Crippen molar-refractivity contribution < 1.29 is 0 Å². The van der Waals surface area contributed by atoms with Crippen molar-refractivity contribution in [3.05, 3.63) is 42.5 Å². The van der Waals surface area contributed by atoms with E-state index < -0.39 is 0 Å². The molecule has 0 nitrogen and oxygen atoms in total. The number of benzene rings is 10. The maximum absolute atomic E-state index is 2.48. The van der Waals surface area contributed by atoms with E-state index in [9.17, 15) is 0 Å². The molecule has 0 aromatic heterocycles. The molecule has 0 N–H and O–H groups in total. The Labute approximate surface area is 443 Å². The standard InChI is InChI=1S/C48H53B23/c49-26-18(21-23(36(59)46(69)44(67)34(21)57)24-25(26)38(61)48(71)47(70)37(24)60)20-22-19(33(56)43(66)45(68)35(22)58)17(27(50)28(20)51)12-15-13(29(52)39(62)41(64)31(15)54)11(10-7-3-5-8-4-1-2-6-9(8)10)14-16(12)32(55)42(65)40(63)30(14)53/h1-7H,49-71H2. The van der Waals surface area contributed by atoms with E-state index in [0.29, 0.717) is 0 Å². The first kappa shape index (κ1) is 49.8. The summed E-state index contributed by atoms with van der Waals surface area (Å²) in [5.74, 6) is 0. The molecule has 0 unspecified atom stereocenters. The number of hydrogen-bond acceptors (Lipinski definition) is 0. The summed E-state index contributed by atoms with van der Waals surface area (Å²) in [6, 6.07) is 16.0. The smallest absolute Gasteiger partial charge is 0.101 e. The summed E-state index contributed by atoms with van der Waals surface area (Å²) in [6.45, 7) is 0. The average Bonchev–Trinajstić information content (AvgIpc) is 3.36. The molecule has 0 heterocycles. The Hall–Kier alpha value is -4.75. The quantitative estimate of drug-likeness (QED) is 0.0942. The maximum Gasteiger partial charge on any atom is 0.140 e. The Morgan fingerprint density at radius 1 is 0.169 bits per heavy atom. The fraction of sp³-hybridized carbons (Fsp3) is 0. The third kappa shape index (κ3) is 6.51. The minimum absolute atomic E-state index is 1.28. The second kappa shape index (κ2) is 17.2. The zero-order valence-electron chi connectivity index (χ0n) is 47.5. The van der Waals surface area contributed by atoms with Gasteiger partial charge in [0.1, 0.15) is 180 Å². The van der Waals surface area contributed by atoms with Crippen molar-refractivity contribution in [2.45, 2.75) is 0 Å². The molecule has 0 atom stereocenters. The van der Waals surface area contributed by atoms with Gasteiger partial charge in [0, 0.05) is 0 Å². The summed E-state index contributed by atoms with van der Waals surface area (Å²) in [5.41, 5.74) is 40.4. The lowest BCUT2D eigenvalue weighted by Crippen LogP contribution is -2.52. The first-order valence-electron chi connectivity index (χ1n) is 26.3. The van der Waals surface area contributed by atoms with Crippen molar-refractivity contribution in [3.8, 4) is 33.4 Å². The van der Waals surface area contributed by atoms with Gasteiger partial charge < -0.3 is 0 Å². The van der Waals surface area contributed by atoms with E-state index in [-0.39, 0.29) is 0 Å². The summed E-state index contributed by atoms with van der Waals surface area (Å²) in [4.78, 5) is 0. The summed E-state index contributed by atoms with van der Waals surface area (Å²) >= 11 is 0. The summed E-state index contributed by atoms with van der Waals surface area (Å²) in [6.07, 6.45) is 0. The van der Waals surface area contributed by atoms with Crippen LogP contribution in [0.15, 0.2) is 42.5 Å². The fourth-order valence-corrected chi connectivity index (χ4v) is 14.1. The predicted octanol–water partition coefficient (Wildman–Crippen LogP) is -26.5. The zero-order chi connectivity index (χ0) is 51.6. The molecule has 0 bridgehead atoms. The minimum Gasteiger partial charge on any atom is -0.101 e. The SMILES string of the molecule is Bc1c(B)c(B)c2c(-c3c(B)c4c(B)c(B)c(B)c(B)c4c4c(B)c(B)c(B)c(B)c34)c(B)c(B)c(-c3c4c(B)c(B)c(B)c(B)c4c(-c4cccc5ccccc45)c4c(B)c(B)c(B)c(B)c34)c2c1B. The minimum atomic E-state index is 1.28. The van der Waals surface area contributed by atoms with E-state index in [1.54, 1.807) is 0 Å². The van der Waals surface area contributed by atoms with Gasteiger partial charge >= 0.3 is 0 Å². The largest absolute Gasteiger partial charge is 0.140 e. The molecule has 0 aliphatic rings. The molecule has 0 aliphatic carbocycles. The van der Waals surface area contributed by atoms with Crippen LogP contribution in [0.2, 0.25) is 0 Å². The first-order chi connectivity index (χ1) is 33.4. The van der Waals surface area contributed by atoms with Crippen molar-refractivity contribution in [2.75, 3.05) is 0 Å². The highest BCUT2D eigenvalue weighted by molar-refractivity contribution is 6.77. The molecular weight excluding hydrogens is 825 g/mol. The zero-order valence-corrected chi connectivity index (χ0v) is 47.5. The van der Waals surface area contributed by atoms with Crippen LogP contribution in [0.3, 0.4) is 0 Å². The van der Waals surface area contributed by atoms with Crippen LogP contribution >= 0.6 is 0 Å². The molecule has 314 valence electrons. The van der Waals surface area contributed by atoms with Crippen LogP contribution in [0.1, 0.15) is 0 Å². The van der Waals surface area contributed by atoms with E-state index in [0.717, 1.165) is 0 Å². The van der Waals surface area contributed by atoms with Crippen LogP contribution in [0.25, 0.3) is 98.0 Å². The highest BCUT2D eigenvalue weighted by Gasteiger charge is 2.32. The van der Waals surface area contributed by atoms with Crippen molar-refractivity contribution in [2.24, 2.45) is 0 Å². The van der Waals surface area contributed by atoms with Crippen LogP contribution in [0.4, 0.5) is 0 Å². The van der Waals surface area contributed by atoms with E-state index in [4.69, 9.17) is 0 Å². The van der Waals surface area contributed by atoms with Gasteiger partial charge in [-0.2, -0.15) is 0 Å². The lowest BCUT2D eigenvalue weighted by atomic mass is 9.56. The number of fused-ring (bicyclic) bond motifs is 7. The van der Waals surface area contributed by atoms with Gasteiger partial charge in [0.05, 0.1) is 0 Å². The lowest BCUT2D eigenvalue weighted by molar-refractivity contribution is 1.73. The van der Waals surface area contributed by atoms with E-state index >= 15 is 0 Å². The topological polar surface area (TPSA) is 0 Å². The van der Waals surface area contributed by atoms with Crippen LogP contribution in [0.5, 0.6) is 0 Å². The molecule has 10 aromatic carbocycles. The molecule has 10 aromatic rings. The van der Waals surface area contributed by atoms with E-state index in [1.807, 2.05) is 0 Å². The summed E-state index contributed by atoms with van der Waals surface area (Å²) in [5, 5.41) is 16.7. The van der Waals surface area contributed by atoms with Crippen LogP contribution in [-0.4, -0.2) is 180 Å². The number of rotatable bonds is 3. The van der Waals surface area contributed by atoms with Gasteiger partial charge in [-0.3, -0.25) is 0 Å². The molecule has 0 radical (unpaired) electrons. The van der Waals surface area contributed by atoms with Gasteiger partial charge in [0.15, 0.2) is 0 Å². The third-order valence-corrected chi connectivity index (χ3v) is 20.1. The van der Waals surface area contributed by atoms with Crippen molar-refractivity contribution in [1.29, 1.82) is 0 Å². The molecule has 0 spiro atoms. The van der Waals surface area contributed by atoms with E-state index in [2.05, 4.69) is 223 Å². The maximum atomic E-state index is 2.48. The first-order valence-corrected chi connectivity index (χ1v) is 26.3. The van der Waals surface area contributed by atoms with E-state index in [1.165, 1.54) is 224 Å². The molecular formula is C48H53B23. The highest BCUT2D eigenvalue weighted by Crippen LogP contribution is 2.44. The van der Waals surface area contributed by atoms with Gasteiger partial charge in [-0.1, -0.05) is 113 Å². The molecule has 0 saturated carbocycles. The van der Waals surface area contributed by atoms with Gasteiger partial charge in [-0.25, -0.2) is 0 Å². The second-order valence-corrected chi connectivity index (χ2v) is 22.5. The Morgan fingerprint density at radius 3 is 0.817 bits per heavy atom. The summed E-state index contributed by atoms with van der Waals surface area (Å²) < 4.78 is 0. The number of hydrogen-bond donors (Lipinski definition) is 0. The average molecular weight is 879 g/mol. The molecule has 0 fully saturated rings. The van der Waals surface area contributed by atoms with Crippen molar-refractivity contribution in [3.63, 3.8) is 0 Å². The molecule has 0 amide bonds. The highest BCUT2D eigenvalue weighted by atomic mass is 14.3. The van der Waals surface area contributed by atoms with Crippen LogP contribution in [-0.2, 0) is 0 Å². The van der Waals surface area contributed by atoms with Crippen molar-refractivity contribution >= 4 is 371 Å². The molecule has 23 heteroatoms. The monoisotopic (exact) mass is 883 g/mol. The second-order valence-electron chi connectivity index (χ2n) is 22.5. The van der Waals surface area contributed by atoms with Gasteiger partial charge in [0.25, 0.3) is 0 Å². The Kier molecular flexibility index (Phi) is 12.0. The molecule has 0 aliphatic heterocycles. The third-order valence-electron chi connectivity index (χ3n) is 20.1. The lowest BCUT2D eigenvalue weighted by Gasteiger charge is -2.33. The molecule has 71 heavy (non-hydrogen) atoms. The van der Waals surface area contributed by atoms with Crippen LogP contribution < -0.4 is 126 Å².